The van der Waals surface area contributed by atoms with E-state index < -0.39 is 14.8 Å². The fourth-order valence-electron chi connectivity index (χ4n) is 1.51. The lowest BCUT2D eigenvalue weighted by Crippen LogP contribution is -2.15. The smallest absolute Gasteiger partial charge is 0.293 e. The van der Waals surface area contributed by atoms with Gasteiger partial charge in [-0.2, -0.15) is 0 Å². The summed E-state index contributed by atoms with van der Waals surface area (Å²) in [7, 11) is -3.48. The molecule has 1 aromatic carbocycles. The first-order chi connectivity index (χ1) is 8.75. The van der Waals surface area contributed by atoms with Gasteiger partial charge in [0.2, 0.25) is 0 Å². The van der Waals surface area contributed by atoms with Crippen LogP contribution in [0.25, 0.3) is 0 Å². The summed E-state index contributed by atoms with van der Waals surface area (Å²) < 4.78 is 22.7. The first-order valence-corrected chi connectivity index (χ1v) is 7.33. The third-order valence-electron chi connectivity index (χ3n) is 2.42. The summed E-state index contributed by atoms with van der Waals surface area (Å²) in [5, 5.41) is 13.9. The highest BCUT2D eigenvalue weighted by atomic mass is 32.2. The van der Waals surface area contributed by atoms with Crippen LogP contribution >= 0.6 is 0 Å². The van der Waals surface area contributed by atoms with Crippen molar-refractivity contribution in [2.45, 2.75) is 24.3 Å². The van der Waals surface area contributed by atoms with Gasteiger partial charge < -0.3 is 5.32 Å². The van der Waals surface area contributed by atoms with Crippen LogP contribution in [-0.4, -0.2) is 25.6 Å². The minimum atomic E-state index is -3.48. The number of nitro benzene ring substituents is 1. The van der Waals surface area contributed by atoms with Gasteiger partial charge in [-0.15, -0.1) is 12.3 Å². The topological polar surface area (TPSA) is 89.3 Å². The summed E-state index contributed by atoms with van der Waals surface area (Å²) in [5.74, 6) is 2.44. The van der Waals surface area contributed by atoms with E-state index in [1.165, 1.54) is 12.1 Å². The Balaban J connectivity index is 3.20. The van der Waals surface area contributed by atoms with E-state index in [4.69, 9.17) is 6.42 Å². The van der Waals surface area contributed by atoms with Crippen LogP contribution in [0.1, 0.15) is 13.3 Å². The lowest BCUT2D eigenvalue weighted by atomic mass is 10.2. The van der Waals surface area contributed by atoms with Crippen molar-refractivity contribution in [3.8, 4) is 12.3 Å². The molecule has 19 heavy (non-hydrogen) atoms. The van der Waals surface area contributed by atoms with Crippen LogP contribution in [0.2, 0.25) is 0 Å². The monoisotopic (exact) mass is 282 g/mol. The highest BCUT2D eigenvalue weighted by Crippen LogP contribution is 2.28. The standard InChI is InChI=1S/C12H14N2O4S/c1-4-5-9(2)13-11-7-6-10(19(3,17)18)8-12(11)14(15)16/h1,6-9,13H,5H2,2-3H3. The van der Waals surface area contributed by atoms with Crippen LogP contribution in [0.5, 0.6) is 0 Å². The summed E-state index contributed by atoms with van der Waals surface area (Å²) in [6, 6.07) is 3.60. The largest absolute Gasteiger partial charge is 0.376 e. The quantitative estimate of drug-likeness (QED) is 0.505. The maximum absolute atomic E-state index is 11.4. The van der Waals surface area contributed by atoms with Gasteiger partial charge in [0.25, 0.3) is 5.69 Å². The maximum atomic E-state index is 11.4. The highest BCUT2D eigenvalue weighted by Gasteiger charge is 2.19. The lowest BCUT2D eigenvalue weighted by molar-refractivity contribution is -0.384. The Kier molecular flexibility index (Phi) is 4.51. The van der Waals surface area contributed by atoms with Crippen molar-refractivity contribution in [3.05, 3.63) is 28.3 Å². The number of nitrogens with one attached hydrogen (secondary N) is 1. The SMILES string of the molecule is C#CCC(C)Nc1ccc(S(C)(=O)=O)cc1[N+](=O)[O-]. The van der Waals surface area contributed by atoms with E-state index in [-0.39, 0.29) is 22.3 Å². The molecule has 0 saturated heterocycles. The Morgan fingerprint density at radius 2 is 2.16 bits per heavy atom. The molecule has 0 aliphatic heterocycles. The van der Waals surface area contributed by atoms with E-state index in [2.05, 4.69) is 11.2 Å². The molecule has 0 amide bonds. The predicted octanol–water partition coefficient (Wildman–Crippen LogP) is 1.82. The maximum Gasteiger partial charge on any atom is 0.293 e. The van der Waals surface area contributed by atoms with Gasteiger partial charge in [0.05, 0.1) is 9.82 Å². The van der Waals surface area contributed by atoms with Gasteiger partial charge in [0, 0.05) is 24.8 Å². The molecule has 1 rings (SSSR count). The van der Waals surface area contributed by atoms with Crippen molar-refractivity contribution in [1.29, 1.82) is 0 Å². The van der Waals surface area contributed by atoms with Gasteiger partial charge in [0.15, 0.2) is 9.84 Å². The average Bonchev–Trinajstić information content (AvgIpc) is 2.27. The van der Waals surface area contributed by atoms with E-state index in [0.29, 0.717) is 6.42 Å². The molecule has 0 saturated carbocycles. The van der Waals surface area contributed by atoms with E-state index in [9.17, 15) is 18.5 Å². The number of rotatable bonds is 5. The molecule has 1 N–H and O–H groups in total. The van der Waals surface area contributed by atoms with Crippen molar-refractivity contribution in [2.75, 3.05) is 11.6 Å². The summed E-state index contributed by atoms with van der Waals surface area (Å²) in [4.78, 5) is 10.3. The molecule has 0 radical (unpaired) electrons. The number of nitrogens with zero attached hydrogens (tertiary/aromatic N) is 1. The van der Waals surface area contributed by atoms with Gasteiger partial charge in [-0.05, 0) is 19.1 Å². The third-order valence-corrected chi connectivity index (χ3v) is 3.53. The molecule has 1 aromatic rings. The molecule has 1 atom stereocenters. The van der Waals surface area contributed by atoms with Crippen molar-refractivity contribution in [1.82, 2.24) is 0 Å². The fraction of sp³-hybridized carbons (Fsp3) is 0.333. The molecule has 0 bridgehead atoms. The van der Waals surface area contributed by atoms with Crippen LogP contribution < -0.4 is 5.32 Å². The van der Waals surface area contributed by atoms with Crippen LogP contribution in [0, 0.1) is 22.5 Å². The predicted molar refractivity (Wildman–Crippen MR) is 72.7 cm³/mol. The molecule has 0 heterocycles. The zero-order valence-corrected chi connectivity index (χ0v) is 11.4. The molecule has 0 fully saturated rings. The van der Waals surface area contributed by atoms with Crippen molar-refractivity contribution in [3.63, 3.8) is 0 Å². The second kappa shape index (κ2) is 5.71. The van der Waals surface area contributed by atoms with Gasteiger partial charge in [0.1, 0.15) is 5.69 Å². The van der Waals surface area contributed by atoms with Crippen LogP contribution in [-0.2, 0) is 9.84 Å². The number of anilines is 1. The highest BCUT2D eigenvalue weighted by molar-refractivity contribution is 7.90. The molecule has 0 aliphatic carbocycles. The Morgan fingerprint density at radius 3 is 2.63 bits per heavy atom. The Hall–Kier alpha value is -2.07. The number of hydrogen-bond donors (Lipinski definition) is 1. The van der Waals surface area contributed by atoms with Gasteiger partial charge in [-0.25, -0.2) is 8.42 Å². The molecular formula is C12H14N2O4S. The number of terminal acetylenes is 1. The van der Waals surface area contributed by atoms with Gasteiger partial charge in [-0.3, -0.25) is 10.1 Å². The summed E-state index contributed by atoms with van der Waals surface area (Å²) >= 11 is 0. The Bertz CT molecular complexity index is 632. The summed E-state index contributed by atoms with van der Waals surface area (Å²) in [5.41, 5.74) is -0.0352. The molecule has 6 nitrogen and oxygen atoms in total. The third kappa shape index (κ3) is 3.96. The molecule has 7 heteroatoms. The van der Waals surface area contributed by atoms with Crippen LogP contribution in [0.3, 0.4) is 0 Å². The van der Waals surface area contributed by atoms with Crippen LogP contribution in [0.4, 0.5) is 11.4 Å². The van der Waals surface area contributed by atoms with Gasteiger partial charge >= 0.3 is 0 Å². The number of benzene rings is 1. The number of nitro groups is 1. The van der Waals surface area contributed by atoms with Crippen molar-refractivity contribution < 1.29 is 13.3 Å². The summed E-state index contributed by atoms with van der Waals surface area (Å²) in [6.07, 6.45) is 6.57. The average molecular weight is 282 g/mol. The molecule has 0 spiro atoms. The molecule has 102 valence electrons. The number of hydrogen-bond acceptors (Lipinski definition) is 5. The molecular weight excluding hydrogens is 268 g/mol. The fourth-order valence-corrected chi connectivity index (χ4v) is 2.15. The van der Waals surface area contributed by atoms with E-state index in [0.717, 1.165) is 12.3 Å². The first-order valence-electron chi connectivity index (χ1n) is 5.44. The van der Waals surface area contributed by atoms with Crippen molar-refractivity contribution >= 4 is 21.2 Å². The van der Waals surface area contributed by atoms with E-state index in [1.54, 1.807) is 6.92 Å². The second-order valence-electron chi connectivity index (χ2n) is 4.16. The molecule has 0 aliphatic rings. The zero-order chi connectivity index (χ0) is 14.6. The van der Waals surface area contributed by atoms with Gasteiger partial charge in [-0.1, -0.05) is 0 Å². The first kappa shape index (κ1) is 15.0. The normalized spacial score (nSPS) is 12.5. The second-order valence-corrected chi connectivity index (χ2v) is 6.18. The molecule has 0 aromatic heterocycles. The van der Waals surface area contributed by atoms with Crippen LogP contribution in [0.15, 0.2) is 23.1 Å². The minimum absolute atomic E-state index is 0.0886. The Labute approximate surface area is 111 Å². The minimum Gasteiger partial charge on any atom is -0.376 e. The van der Waals surface area contributed by atoms with Crippen molar-refractivity contribution in [2.24, 2.45) is 0 Å². The summed E-state index contributed by atoms with van der Waals surface area (Å²) in [6.45, 7) is 1.79. The lowest BCUT2D eigenvalue weighted by Gasteiger charge is -2.13. The zero-order valence-electron chi connectivity index (χ0n) is 10.6. The van der Waals surface area contributed by atoms with E-state index >= 15 is 0 Å². The van der Waals surface area contributed by atoms with E-state index in [1.807, 2.05) is 0 Å². The molecule has 1 unspecified atom stereocenters. The Morgan fingerprint density at radius 1 is 1.53 bits per heavy atom. The number of sulfone groups is 1.